The Morgan fingerprint density at radius 1 is 1.28 bits per heavy atom. The number of esters is 1. The summed E-state index contributed by atoms with van der Waals surface area (Å²) in [6, 6.07) is 8.08. The van der Waals surface area contributed by atoms with E-state index in [9.17, 15) is 9.59 Å². The number of nitrogens with zero attached hydrogens (tertiary/aromatic N) is 2. The van der Waals surface area contributed by atoms with Crippen molar-refractivity contribution < 1.29 is 23.8 Å². The highest BCUT2D eigenvalue weighted by Crippen LogP contribution is 2.28. The third kappa shape index (κ3) is 5.31. The number of hydrogen-bond acceptors (Lipinski definition) is 7. The predicted octanol–water partition coefficient (Wildman–Crippen LogP) is 2.39. The van der Waals surface area contributed by atoms with Crippen molar-refractivity contribution in [3.63, 3.8) is 0 Å². The molecule has 0 aliphatic heterocycles. The van der Waals surface area contributed by atoms with Crippen LogP contribution in [0.4, 0.5) is 4.79 Å². The largest absolute Gasteiger partial charge is 0.493 e. The van der Waals surface area contributed by atoms with E-state index in [0.29, 0.717) is 16.9 Å². The van der Waals surface area contributed by atoms with Crippen LogP contribution < -0.4 is 14.9 Å². The molecule has 0 aliphatic carbocycles. The van der Waals surface area contributed by atoms with Crippen molar-refractivity contribution in [2.24, 2.45) is 5.10 Å². The summed E-state index contributed by atoms with van der Waals surface area (Å²) in [5, 5.41) is 3.75. The molecule has 8 heteroatoms. The molecule has 0 atom stereocenters. The van der Waals surface area contributed by atoms with Gasteiger partial charge in [0.1, 0.15) is 0 Å². The van der Waals surface area contributed by atoms with Crippen LogP contribution in [-0.4, -0.2) is 37.0 Å². The van der Waals surface area contributed by atoms with E-state index >= 15 is 0 Å². The van der Waals surface area contributed by atoms with Crippen molar-refractivity contribution in [2.45, 2.75) is 6.92 Å². The lowest BCUT2D eigenvalue weighted by Gasteiger charge is -2.09. The summed E-state index contributed by atoms with van der Waals surface area (Å²) >= 11 is 0. The van der Waals surface area contributed by atoms with Crippen LogP contribution in [0.2, 0.25) is 0 Å². The molecule has 8 nitrogen and oxygen atoms in total. The van der Waals surface area contributed by atoms with E-state index in [1.165, 1.54) is 19.5 Å². The van der Waals surface area contributed by atoms with Crippen molar-refractivity contribution in [3.8, 4) is 11.5 Å². The Labute approximate surface area is 144 Å². The SMILES string of the molecule is CCOC(=O)N/N=C/c1ccc(OC(=O)c2cccnc2)c(OC)c1. The minimum absolute atomic E-state index is 0.256. The highest BCUT2D eigenvalue weighted by molar-refractivity contribution is 5.91. The fourth-order valence-electron chi connectivity index (χ4n) is 1.81. The van der Waals surface area contributed by atoms with E-state index in [1.807, 2.05) is 0 Å². The summed E-state index contributed by atoms with van der Waals surface area (Å²) in [4.78, 5) is 27.1. The van der Waals surface area contributed by atoms with Crippen molar-refractivity contribution >= 4 is 18.3 Å². The first kappa shape index (κ1) is 17.9. The Kier molecular flexibility index (Phi) is 6.47. The molecule has 2 aromatic rings. The summed E-state index contributed by atoms with van der Waals surface area (Å²) in [5.41, 5.74) is 3.17. The second-order valence-corrected chi connectivity index (χ2v) is 4.63. The quantitative estimate of drug-likeness (QED) is 0.374. The minimum Gasteiger partial charge on any atom is -0.493 e. The summed E-state index contributed by atoms with van der Waals surface area (Å²) < 4.78 is 15.2. The van der Waals surface area contributed by atoms with E-state index in [0.717, 1.165) is 0 Å². The molecule has 1 heterocycles. The van der Waals surface area contributed by atoms with E-state index in [4.69, 9.17) is 9.47 Å². The third-order valence-corrected chi connectivity index (χ3v) is 2.93. The fraction of sp³-hybridized carbons (Fsp3) is 0.176. The Morgan fingerprint density at radius 3 is 2.80 bits per heavy atom. The van der Waals surface area contributed by atoms with Gasteiger partial charge in [0.05, 0.1) is 25.5 Å². The average molecular weight is 343 g/mol. The lowest BCUT2D eigenvalue weighted by atomic mass is 10.2. The molecule has 1 aromatic heterocycles. The maximum absolute atomic E-state index is 12.1. The molecule has 25 heavy (non-hydrogen) atoms. The van der Waals surface area contributed by atoms with Crippen LogP contribution in [0.25, 0.3) is 0 Å². The van der Waals surface area contributed by atoms with Gasteiger partial charge in [-0.1, -0.05) is 0 Å². The van der Waals surface area contributed by atoms with Crippen molar-refractivity contribution in [1.29, 1.82) is 0 Å². The van der Waals surface area contributed by atoms with Crippen LogP contribution in [0.15, 0.2) is 47.8 Å². The molecule has 0 fully saturated rings. The van der Waals surface area contributed by atoms with Crippen molar-refractivity contribution in [2.75, 3.05) is 13.7 Å². The van der Waals surface area contributed by atoms with Crippen LogP contribution in [0.3, 0.4) is 0 Å². The van der Waals surface area contributed by atoms with Crippen LogP contribution in [0.5, 0.6) is 11.5 Å². The molecule has 0 radical (unpaired) electrons. The van der Waals surface area contributed by atoms with Gasteiger partial charge in [-0.2, -0.15) is 5.10 Å². The lowest BCUT2D eigenvalue weighted by molar-refractivity contribution is 0.0729. The number of benzene rings is 1. The second kappa shape index (κ2) is 9.02. The van der Waals surface area contributed by atoms with E-state index in [-0.39, 0.29) is 12.4 Å². The van der Waals surface area contributed by atoms with Gasteiger partial charge in [0.25, 0.3) is 0 Å². The molecular formula is C17H17N3O5. The Hall–Kier alpha value is -3.42. The van der Waals surface area contributed by atoms with Crippen LogP contribution in [-0.2, 0) is 4.74 Å². The first-order chi connectivity index (χ1) is 12.1. The van der Waals surface area contributed by atoms with E-state index in [1.54, 1.807) is 43.5 Å². The van der Waals surface area contributed by atoms with E-state index in [2.05, 4.69) is 20.2 Å². The smallest absolute Gasteiger partial charge is 0.427 e. The van der Waals surface area contributed by atoms with Crippen LogP contribution in [0, 0.1) is 0 Å². The number of aromatic nitrogens is 1. The number of hydrogen-bond donors (Lipinski definition) is 1. The summed E-state index contributed by atoms with van der Waals surface area (Å²) in [7, 11) is 1.45. The zero-order valence-corrected chi connectivity index (χ0v) is 13.8. The highest BCUT2D eigenvalue weighted by Gasteiger charge is 2.12. The van der Waals surface area contributed by atoms with Gasteiger partial charge < -0.3 is 14.2 Å². The molecule has 1 aromatic carbocycles. The van der Waals surface area contributed by atoms with Crippen molar-refractivity contribution in [1.82, 2.24) is 10.4 Å². The number of ether oxygens (including phenoxy) is 3. The fourth-order valence-corrected chi connectivity index (χ4v) is 1.81. The van der Waals surface area contributed by atoms with Gasteiger partial charge in [-0.05, 0) is 42.8 Å². The average Bonchev–Trinajstić information content (AvgIpc) is 2.63. The number of methoxy groups -OCH3 is 1. The topological polar surface area (TPSA) is 99.1 Å². The molecule has 1 N–H and O–H groups in total. The standard InChI is InChI=1S/C17H17N3O5/c1-3-24-17(22)20-19-10-12-6-7-14(15(9-12)23-2)25-16(21)13-5-4-8-18-11-13/h4-11H,3H2,1-2H3,(H,20,22)/b19-10+. The number of carbonyl (C=O) groups is 2. The monoisotopic (exact) mass is 343 g/mol. The van der Waals surface area contributed by atoms with Gasteiger partial charge in [0.2, 0.25) is 0 Å². The number of carbonyl (C=O) groups excluding carboxylic acids is 2. The Morgan fingerprint density at radius 2 is 2.12 bits per heavy atom. The molecule has 2 rings (SSSR count). The first-order valence-electron chi connectivity index (χ1n) is 7.40. The lowest BCUT2D eigenvalue weighted by Crippen LogP contribution is -2.18. The molecule has 1 amide bonds. The molecule has 0 spiro atoms. The number of rotatable bonds is 6. The van der Waals surface area contributed by atoms with Gasteiger partial charge >= 0.3 is 12.1 Å². The molecule has 0 saturated heterocycles. The first-order valence-corrected chi connectivity index (χ1v) is 7.40. The third-order valence-electron chi connectivity index (χ3n) is 2.93. The maximum Gasteiger partial charge on any atom is 0.427 e. The maximum atomic E-state index is 12.1. The van der Waals surface area contributed by atoms with Gasteiger partial charge in [0.15, 0.2) is 11.5 Å². The summed E-state index contributed by atoms with van der Waals surface area (Å²) in [5.74, 6) is 0.0565. The summed E-state index contributed by atoms with van der Waals surface area (Å²) in [6.45, 7) is 1.95. The van der Waals surface area contributed by atoms with Crippen molar-refractivity contribution in [3.05, 3.63) is 53.9 Å². The van der Waals surface area contributed by atoms with Crippen LogP contribution in [0.1, 0.15) is 22.8 Å². The number of nitrogens with one attached hydrogen (secondary N) is 1. The molecular weight excluding hydrogens is 326 g/mol. The normalized spacial score (nSPS) is 10.3. The molecule has 0 bridgehead atoms. The van der Waals surface area contributed by atoms with Gasteiger partial charge in [-0.15, -0.1) is 0 Å². The predicted molar refractivity (Wildman–Crippen MR) is 89.9 cm³/mol. The van der Waals surface area contributed by atoms with Gasteiger partial charge in [-0.25, -0.2) is 15.0 Å². The zero-order chi connectivity index (χ0) is 18.1. The Balaban J connectivity index is 2.07. The zero-order valence-electron chi connectivity index (χ0n) is 13.8. The molecule has 0 aliphatic rings. The Bertz CT molecular complexity index is 762. The number of amides is 1. The molecule has 0 saturated carbocycles. The molecule has 130 valence electrons. The minimum atomic E-state index is -0.646. The second-order valence-electron chi connectivity index (χ2n) is 4.63. The number of pyridine rings is 1. The van der Waals surface area contributed by atoms with Gasteiger partial charge in [-0.3, -0.25) is 4.98 Å². The molecule has 0 unspecified atom stereocenters. The number of hydrazone groups is 1. The van der Waals surface area contributed by atoms with E-state index < -0.39 is 12.1 Å². The van der Waals surface area contributed by atoms with Gasteiger partial charge in [0, 0.05) is 12.4 Å². The highest BCUT2D eigenvalue weighted by atomic mass is 16.6. The van der Waals surface area contributed by atoms with Crippen LogP contribution >= 0.6 is 0 Å². The summed E-state index contributed by atoms with van der Waals surface area (Å²) in [6.07, 6.45) is 3.74.